The van der Waals surface area contributed by atoms with E-state index in [0.29, 0.717) is 5.88 Å². The monoisotopic (exact) mass is 290 g/mol. The Balaban J connectivity index is 2.47. The molecular formula is C12H16BrClO. The molecule has 0 saturated heterocycles. The number of benzene rings is 1. The molecule has 0 amide bonds. The molecule has 0 N–H and O–H groups in total. The zero-order valence-corrected chi connectivity index (χ0v) is 11.3. The molecule has 0 bridgehead atoms. The summed E-state index contributed by atoms with van der Waals surface area (Å²) in [5.41, 5.74) is 1.10. The molecule has 0 fully saturated rings. The van der Waals surface area contributed by atoms with E-state index in [4.69, 9.17) is 16.3 Å². The van der Waals surface area contributed by atoms with Crippen molar-refractivity contribution in [2.24, 2.45) is 0 Å². The van der Waals surface area contributed by atoms with Gasteiger partial charge in [0, 0.05) is 5.88 Å². The van der Waals surface area contributed by atoms with Crippen LogP contribution in [0.2, 0.25) is 0 Å². The van der Waals surface area contributed by atoms with Crippen LogP contribution in [0.1, 0.15) is 31.7 Å². The number of rotatable bonds is 6. The van der Waals surface area contributed by atoms with Gasteiger partial charge < -0.3 is 4.74 Å². The largest absolute Gasteiger partial charge is 0.492 e. The third-order valence-electron chi connectivity index (χ3n) is 2.16. The van der Waals surface area contributed by atoms with Crippen molar-refractivity contribution in [1.29, 1.82) is 0 Å². The van der Waals surface area contributed by atoms with E-state index in [2.05, 4.69) is 22.9 Å². The molecule has 15 heavy (non-hydrogen) atoms. The van der Waals surface area contributed by atoms with Gasteiger partial charge in [-0.15, -0.1) is 11.6 Å². The van der Waals surface area contributed by atoms with Gasteiger partial charge in [0.15, 0.2) is 0 Å². The van der Waals surface area contributed by atoms with Gasteiger partial charge in [-0.1, -0.05) is 25.8 Å². The number of halogens is 2. The Morgan fingerprint density at radius 2 is 2.13 bits per heavy atom. The second kappa shape index (κ2) is 7.13. The summed E-state index contributed by atoms with van der Waals surface area (Å²) in [7, 11) is 0. The topological polar surface area (TPSA) is 9.23 Å². The first-order valence-corrected chi connectivity index (χ1v) is 6.58. The zero-order chi connectivity index (χ0) is 11.1. The summed E-state index contributed by atoms with van der Waals surface area (Å²) in [6.07, 6.45) is 3.55. The number of alkyl halides is 1. The molecule has 0 heterocycles. The second-order valence-corrected chi connectivity index (χ2v) is 4.58. The quantitative estimate of drug-likeness (QED) is 0.542. The van der Waals surface area contributed by atoms with Crippen LogP contribution >= 0.6 is 27.5 Å². The highest BCUT2D eigenvalue weighted by Crippen LogP contribution is 2.26. The van der Waals surface area contributed by atoms with Gasteiger partial charge in [0.1, 0.15) is 5.75 Å². The Kier molecular flexibility index (Phi) is 6.11. The van der Waals surface area contributed by atoms with Crippen LogP contribution in [-0.2, 0) is 5.88 Å². The zero-order valence-electron chi connectivity index (χ0n) is 8.93. The van der Waals surface area contributed by atoms with Crippen molar-refractivity contribution in [3.8, 4) is 5.75 Å². The van der Waals surface area contributed by atoms with Gasteiger partial charge in [0.25, 0.3) is 0 Å². The van der Waals surface area contributed by atoms with Crippen LogP contribution in [0.5, 0.6) is 5.75 Å². The molecule has 1 nitrogen and oxygen atoms in total. The average Bonchev–Trinajstić information content (AvgIpc) is 2.26. The van der Waals surface area contributed by atoms with Gasteiger partial charge in [-0.25, -0.2) is 0 Å². The maximum absolute atomic E-state index is 5.74. The first-order chi connectivity index (χ1) is 7.27. The van der Waals surface area contributed by atoms with Crippen molar-refractivity contribution < 1.29 is 4.74 Å². The molecule has 0 aromatic heterocycles. The smallest absolute Gasteiger partial charge is 0.133 e. The maximum Gasteiger partial charge on any atom is 0.133 e. The first-order valence-electron chi connectivity index (χ1n) is 5.25. The van der Waals surface area contributed by atoms with Crippen molar-refractivity contribution >= 4 is 27.5 Å². The van der Waals surface area contributed by atoms with Gasteiger partial charge in [-0.3, -0.25) is 0 Å². The van der Waals surface area contributed by atoms with E-state index in [9.17, 15) is 0 Å². The van der Waals surface area contributed by atoms with Crippen LogP contribution in [-0.4, -0.2) is 6.61 Å². The van der Waals surface area contributed by atoms with Crippen molar-refractivity contribution in [2.45, 2.75) is 32.1 Å². The molecule has 0 spiro atoms. The summed E-state index contributed by atoms with van der Waals surface area (Å²) in [6, 6.07) is 5.96. The van der Waals surface area contributed by atoms with Gasteiger partial charge in [0.05, 0.1) is 11.1 Å². The number of hydrogen-bond acceptors (Lipinski definition) is 1. The van der Waals surface area contributed by atoms with Crippen LogP contribution < -0.4 is 4.74 Å². The number of unbranched alkanes of at least 4 members (excludes halogenated alkanes) is 2. The van der Waals surface area contributed by atoms with E-state index in [1.54, 1.807) is 0 Å². The van der Waals surface area contributed by atoms with Crippen molar-refractivity contribution in [2.75, 3.05) is 6.61 Å². The van der Waals surface area contributed by atoms with Crippen LogP contribution in [0, 0.1) is 0 Å². The summed E-state index contributed by atoms with van der Waals surface area (Å²) in [5.74, 6) is 1.44. The molecule has 3 heteroatoms. The first kappa shape index (κ1) is 12.9. The fraction of sp³-hybridized carbons (Fsp3) is 0.500. The predicted molar refractivity (Wildman–Crippen MR) is 68.7 cm³/mol. The fourth-order valence-electron chi connectivity index (χ4n) is 1.28. The highest BCUT2D eigenvalue weighted by atomic mass is 79.9. The lowest BCUT2D eigenvalue weighted by Gasteiger charge is -2.08. The number of ether oxygens (including phenoxy) is 1. The van der Waals surface area contributed by atoms with Gasteiger partial charge >= 0.3 is 0 Å². The Bertz CT molecular complexity index is 302. The molecule has 1 aromatic carbocycles. The Morgan fingerprint density at radius 3 is 2.73 bits per heavy atom. The SMILES string of the molecule is CCCCCOc1ccc(CCl)cc1Br. The summed E-state index contributed by atoms with van der Waals surface area (Å²) >= 11 is 9.21. The molecule has 1 aromatic rings. The normalized spacial score (nSPS) is 10.3. The fourth-order valence-corrected chi connectivity index (χ4v) is 1.99. The third-order valence-corrected chi connectivity index (χ3v) is 3.08. The van der Waals surface area contributed by atoms with E-state index in [0.717, 1.165) is 28.8 Å². The third kappa shape index (κ3) is 4.43. The highest BCUT2D eigenvalue weighted by molar-refractivity contribution is 9.10. The van der Waals surface area contributed by atoms with Crippen LogP contribution in [0.25, 0.3) is 0 Å². The van der Waals surface area contributed by atoms with Gasteiger partial charge in [-0.2, -0.15) is 0 Å². The molecule has 1 rings (SSSR count). The summed E-state index contributed by atoms with van der Waals surface area (Å²) in [6.45, 7) is 2.97. The average molecular weight is 292 g/mol. The Morgan fingerprint density at radius 1 is 1.33 bits per heavy atom. The lowest BCUT2D eigenvalue weighted by atomic mass is 10.2. The minimum atomic E-state index is 0.536. The van der Waals surface area contributed by atoms with Gasteiger partial charge in [-0.05, 0) is 40.0 Å². The maximum atomic E-state index is 5.74. The second-order valence-electron chi connectivity index (χ2n) is 3.45. The summed E-state index contributed by atoms with van der Waals surface area (Å²) in [5, 5.41) is 0. The van der Waals surface area contributed by atoms with Crippen LogP contribution in [0.4, 0.5) is 0 Å². The molecule has 0 saturated carbocycles. The molecule has 0 aliphatic heterocycles. The predicted octanol–water partition coefficient (Wildman–Crippen LogP) is 4.76. The minimum Gasteiger partial charge on any atom is -0.492 e. The summed E-state index contributed by atoms with van der Waals surface area (Å²) in [4.78, 5) is 0. The minimum absolute atomic E-state index is 0.536. The molecule has 0 unspecified atom stereocenters. The van der Waals surface area contributed by atoms with E-state index in [1.165, 1.54) is 12.8 Å². The van der Waals surface area contributed by atoms with Crippen molar-refractivity contribution in [3.05, 3.63) is 28.2 Å². The van der Waals surface area contributed by atoms with Crippen LogP contribution in [0.3, 0.4) is 0 Å². The van der Waals surface area contributed by atoms with E-state index >= 15 is 0 Å². The standard InChI is InChI=1S/C12H16BrClO/c1-2-3-4-7-15-12-6-5-10(9-14)8-11(12)13/h5-6,8H,2-4,7,9H2,1H3. The molecular weight excluding hydrogens is 275 g/mol. The van der Waals surface area contributed by atoms with E-state index in [-0.39, 0.29) is 0 Å². The highest BCUT2D eigenvalue weighted by Gasteiger charge is 2.01. The van der Waals surface area contributed by atoms with Crippen LogP contribution in [0.15, 0.2) is 22.7 Å². The molecule has 0 atom stereocenters. The van der Waals surface area contributed by atoms with Gasteiger partial charge in [0.2, 0.25) is 0 Å². The molecule has 84 valence electrons. The molecule has 0 radical (unpaired) electrons. The Hall–Kier alpha value is -0.210. The lowest BCUT2D eigenvalue weighted by molar-refractivity contribution is 0.304. The number of hydrogen-bond donors (Lipinski definition) is 0. The Labute approximate surface area is 105 Å². The van der Waals surface area contributed by atoms with E-state index < -0.39 is 0 Å². The van der Waals surface area contributed by atoms with E-state index in [1.807, 2.05) is 18.2 Å². The van der Waals surface area contributed by atoms with Crippen molar-refractivity contribution in [3.63, 3.8) is 0 Å². The summed E-state index contributed by atoms with van der Waals surface area (Å²) < 4.78 is 6.63. The molecule has 0 aliphatic carbocycles. The molecule has 0 aliphatic rings. The van der Waals surface area contributed by atoms with Crippen molar-refractivity contribution in [1.82, 2.24) is 0 Å². The lowest BCUT2D eigenvalue weighted by Crippen LogP contribution is -1.97.